The first-order valence-electron chi connectivity index (χ1n) is 27.9. The molecule has 73 heavy (non-hydrogen) atoms. The van der Waals surface area contributed by atoms with Crippen molar-refractivity contribution in [1.29, 1.82) is 0 Å². The van der Waals surface area contributed by atoms with Crippen molar-refractivity contribution in [3.8, 4) is 0 Å². The summed E-state index contributed by atoms with van der Waals surface area (Å²) in [4.78, 5) is 38.1. The fraction of sp³-hybridized carbons (Fsp3) is 0.478. The molecule has 0 amide bonds. The lowest BCUT2D eigenvalue weighted by Crippen LogP contribution is -2.30. The Labute approximate surface area is 446 Å². The molecule has 402 valence electrons. The number of hydrogen-bond donors (Lipinski definition) is 0. The number of rotatable bonds is 47. The normalized spacial score (nSPS) is 13.6. The first kappa shape index (κ1) is 67.2. The second kappa shape index (κ2) is 58.8. The van der Waals surface area contributed by atoms with Crippen LogP contribution >= 0.6 is 0 Å². The Morgan fingerprint density at radius 3 is 0.849 bits per heavy atom. The number of carbonyl (C=O) groups is 3. The van der Waals surface area contributed by atoms with Crippen molar-refractivity contribution in [2.45, 2.75) is 194 Å². The molecule has 0 unspecified atom stereocenters. The van der Waals surface area contributed by atoms with Gasteiger partial charge >= 0.3 is 17.9 Å². The van der Waals surface area contributed by atoms with Gasteiger partial charge in [-0.05, 0) is 141 Å². The van der Waals surface area contributed by atoms with Crippen LogP contribution in [0.4, 0.5) is 0 Å². The zero-order valence-electron chi connectivity index (χ0n) is 45.8. The van der Waals surface area contributed by atoms with Crippen molar-refractivity contribution in [2.24, 2.45) is 0 Å². The van der Waals surface area contributed by atoms with Gasteiger partial charge in [-0.2, -0.15) is 0 Å². The highest BCUT2D eigenvalue weighted by Gasteiger charge is 2.19. The minimum absolute atomic E-state index is 0.155. The van der Waals surface area contributed by atoms with Gasteiger partial charge in [0, 0.05) is 19.3 Å². The van der Waals surface area contributed by atoms with Gasteiger partial charge in [0.25, 0.3) is 0 Å². The van der Waals surface area contributed by atoms with E-state index in [4.69, 9.17) is 14.2 Å². The molecule has 0 aliphatic carbocycles. The minimum Gasteiger partial charge on any atom is -0.462 e. The summed E-state index contributed by atoms with van der Waals surface area (Å²) in [5.41, 5.74) is 0. The maximum Gasteiger partial charge on any atom is 0.306 e. The smallest absolute Gasteiger partial charge is 0.306 e. The Morgan fingerprint density at radius 1 is 0.274 bits per heavy atom. The Hall–Kier alpha value is -5.75. The van der Waals surface area contributed by atoms with E-state index in [9.17, 15) is 14.4 Å². The number of carbonyl (C=O) groups excluding carboxylic acids is 3. The minimum atomic E-state index is -0.869. The van der Waals surface area contributed by atoms with Crippen molar-refractivity contribution >= 4 is 17.9 Å². The average Bonchev–Trinajstić information content (AvgIpc) is 3.39. The SMILES string of the molecule is CC/C=C\C/C=C\C/C=C\C/C=C\C/C=C\C/C=C\CCC(=O)O[C@@H](COC(=O)CCC/C=C\C/C=C\C/C=C\C/C=C\C/C=C\CC)COC(=O)CCCCC/C=C\C/C=C\C/C=C\C/C=C\C/C=C\CC. The van der Waals surface area contributed by atoms with Crippen molar-refractivity contribution in [3.63, 3.8) is 0 Å². The molecule has 0 rings (SSSR count). The van der Waals surface area contributed by atoms with E-state index >= 15 is 0 Å². The summed E-state index contributed by atoms with van der Waals surface area (Å²) in [7, 11) is 0. The predicted octanol–water partition coefficient (Wildman–Crippen LogP) is 19.1. The number of ether oxygens (including phenoxy) is 3. The topological polar surface area (TPSA) is 78.9 Å². The predicted molar refractivity (Wildman–Crippen MR) is 315 cm³/mol. The van der Waals surface area contributed by atoms with Crippen LogP contribution in [0.5, 0.6) is 0 Å². The van der Waals surface area contributed by atoms with E-state index in [2.05, 4.69) is 203 Å². The molecule has 0 aliphatic rings. The second-order valence-corrected chi connectivity index (χ2v) is 17.3. The Kier molecular flexibility index (Phi) is 54.2. The molecular formula is C67H98O6. The highest BCUT2D eigenvalue weighted by Crippen LogP contribution is 2.09. The molecule has 0 aromatic heterocycles. The highest BCUT2D eigenvalue weighted by molar-refractivity contribution is 5.71. The van der Waals surface area contributed by atoms with Crippen LogP contribution in [0.15, 0.2) is 194 Å². The summed E-state index contributed by atoms with van der Waals surface area (Å²) < 4.78 is 16.7. The van der Waals surface area contributed by atoms with Crippen LogP contribution in [0.1, 0.15) is 188 Å². The number of allylic oxidation sites excluding steroid dienone is 32. The zero-order valence-corrected chi connectivity index (χ0v) is 45.8. The van der Waals surface area contributed by atoms with Gasteiger partial charge in [0.15, 0.2) is 6.10 Å². The monoisotopic (exact) mass is 999 g/mol. The molecule has 0 aromatic carbocycles. The number of esters is 3. The number of unbranched alkanes of at least 4 members (excludes halogenated alkanes) is 4. The molecule has 0 aliphatic heterocycles. The summed E-state index contributed by atoms with van der Waals surface area (Å²) in [5, 5.41) is 0. The molecular weight excluding hydrogens is 901 g/mol. The molecule has 0 saturated heterocycles. The van der Waals surface area contributed by atoms with Crippen molar-refractivity contribution in [2.75, 3.05) is 13.2 Å². The van der Waals surface area contributed by atoms with Gasteiger partial charge in [-0.3, -0.25) is 14.4 Å². The molecule has 0 heterocycles. The molecule has 0 spiro atoms. The number of hydrogen-bond acceptors (Lipinski definition) is 6. The molecule has 6 nitrogen and oxygen atoms in total. The lowest BCUT2D eigenvalue weighted by atomic mass is 10.1. The maximum atomic E-state index is 12.8. The molecule has 0 N–H and O–H groups in total. The largest absolute Gasteiger partial charge is 0.462 e. The van der Waals surface area contributed by atoms with Gasteiger partial charge < -0.3 is 14.2 Å². The van der Waals surface area contributed by atoms with E-state index in [0.717, 1.165) is 128 Å². The van der Waals surface area contributed by atoms with Gasteiger partial charge in [0.05, 0.1) is 0 Å². The summed E-state index contributed by atoms with van der Waals surface area (Å²) in [6.45, 7) is 6.12. The first-order chi connectivity index (χ1) is 36.0. The van der Waals surface area contributed by atoms with Gasteiger partial charge in [-0.25, -0.2) is 0 Å². The average molecular weight is 1000 g/mol. The summed E-state index contributed by atoms with van der Waals surface area (Å²) >= 11 is 0. The zero-order chi connectivity index (χ0) is 52.9. The first-order valence-corrected chi connectivity index (χ1v) is 27.9. The van der Waals surface area contributed by atoms with Gasteiger partial charge in [-0.15, -0.1) is 0 Å². The van der Waals surface area contributed by atoms with Gasteiger partial charge in [-0.1, -0.05) is 222 Å². The molecule has 0 aromatic rings. The maximum absolute atomic E-state index is 12.8. The molecule has 0 fully saturated rings. The van der Waals surface area contributed by atoms with Crippen LogP contribution in [0.25, 0.3) is 0 Å². The van der Waals surface area contributed by atoms with Gasteiger partial charge in [0.1, 0.15) is 13.2 Å². The van der Waals surface area contributed by atoms with Crippen LogP contribution in [0.2, 0.25) is 0 Å². The Bertz CT molecular complexity index is 1810. The van der Waals surface area contributed by atoms with Crippen LogP contribution in [0.3, 0.4) is 0 Å². The standard InChI is InChI=1S/C67H98O6/c1-4-7-10-13-16-19-22-25-28-31-33-36-39-42-45-48-51-54-57-60-66(69)72-63-64(62-71-65(68)59-56-53-50-47-44-41-38-35-30-27-24-21-18-15-12-9-6-3)73-67(70)61-58-55-52-49-46-43-40-37-34-32-29-26-23-20-17-14-11-8-5-2/h7-12,16-21,25-30,33-34,36-38,41-43,45-47,50,52,55,64H,4-6,13-15,22-24,31-32,35,39-40,44,48-49,51,53-54,56-63H2,1-3H3/b10-7-,11-8-,12-9-,19-16-,20-17-,21-18-,28-25-,29-26-,30-27-,36-33-,37-34-,41-38-,45-42-,46-43-,50-47-,55-52-/t64-/m0/s1. The highest BCUT2D eigenvalue weighted by atomic mass is 16.6. The van der Waals surface area contributed by atoms with E-state index in [1.54, 1.807) is 0 Å². The third-order valence-electron chi connectivity index (χ3n) is 10.6. The molecule has 6 heteroatoms. The molecule has 0 bridgehead atoms. The van der Waals surface area contributed by atoms with E-state index in [-0.39, 0.29) is 44.4 Å². The van der Waals surface area contributed by atoms with E-state index in [1.807, 2.05) is 12.2 Å². The van der Waals surface area contributed by atoms with E-state index < -0.39 is 12.1 Å². The van der Waals surface area contributed by atoms with Gasteiger partial charge in [0.2, 0.25) is 0 Å². The summed E-state index contributed by atoms with van der Waals surface area (Å²) in [5.74, 6) is -1.15. The molecule has 0 radical (unpaired) electrons. The Morgan fingerprint density at radius 2 is 0.534 bits per heavy atom. The summed E-state index contributed by atoms with van der Waals surface area (Å²) in [6, 6.07) is 0. The van der Waals surface area contributed by atoms with E-state index in [0.29, 0.717) is 19.3 Å². The van der Waals surface area contributed by atoms with Crippen molar-refractivity contribution < 1.29 is 28.6 Å². The van der Waals surface area contributed by atoms with Crippen molar-refractivity contribution in [3.05, 3.63) is 194 Å². The molecule has 0 saturated carbocycles. The van der Waals surface area contributed by atoms with E-state index in [1.165, 1.54) is 0 Å². The van der Waals surface area contributed by atoms with Crippen LogP contribution in [0, 0.1) is 0 Å². The lowest BCUT2D eigenvalue weighted by Gasteiger charge is -2.18. The molecule has 1 atom stereocenters. The fourth-order valence-electron chi connectivity index (χ4n) is 6.53. The summed E-state index contributed by atoms with van der Waals surface area (Å²) in [6.07, 6.45) is 90.0. The third-order valence-corrected chi connectivity index (χ3v) is 10.6. The van der Waals surface area contributed by atoms with Crippen LogP contribution < -0.4 is 0 Å². The van der Waals surface area contributed by atoms with Crippen LogP contribution in [-0.4, -0.2) is 37.2 Å². The third kappa shape index (κ3) is 57.0. The van der Waals surface area contributed by atoms with Crippen LogP contribution in [-0.2, 0) is 28.6 Å². The quantitative estimate of drug-likeness (QED) is 0.0262. The lowest BCUT2D eigenvalue weighted by molar-refractivity contribution is -0.166. The fourth-order valence-corrected chi connectivity index (χ4v) is 6.53. The second-order valence-electron chi connectivity index (χ2n) is 17.3. The Balaban J connectivity index is 4.71. The van der Waals surface area contributed by atoms with Crippen molar-refractivity contribution in [1.82, 2.24) is 0 Å².